The Morgan fingerprint density at radius 2 is 1.89 bits per heavy atom. The van der Waals surface area contributed by atoms with Crippen LogP contribution in [0.25, 0.3) is 0 Å². The fourth-order valence-electron chi connectivity index (χ4n) is 2.00. The molecule has 110 valence electrons. The Balaban J connectivity index is 4.60. The molecule has 18 heavy (non-hydrogen) atoms. The van der Waals surface area contributed by atoms with E-state index in [4.69, 9.17) is 0 Å². The first-order valence-electron chi connectivity index (χ1n) is 6.28. The molecular formula is C12H25F3N2O. The molecule has 2 atom stereocenters. The van der Waals surface area contributed by atoms with Gasteiger partial charge in [-0.05, 0) is 40.3 Å². The number of aliphatic hydroxyl groups excluding tert-OH is 1. The van der Waals surface area contributed by atoms with Gasteiger partial charge in [0.25, 0.3) is 0 Å². The van der Waals surface area contributed by atoms with Crippen molar-refractivity contribution >= 4 is 0 Å². The lowest BCUT2D eigenvalue weighted by Gasteiger charge is -2.36. The summed E-state index contributed by atoms with van der Waals surface area (Å²) in [5.74, 6) is 0. The van der Waals surface area contributed by atoms with E-state index in [1.54, 1.807) is 20.9 Å². The number of halogens is 3. The lowest BCUT2D eigenvalue weighted by atomic mass is 9.94. The van der Waals surface area contributed by atoms with E-state index in [-0.39, 0.29) is 12.6 Å². The van der Waals surface area contributed by atoms with Crippen molar-refractivity contribution in [3.8, 4) is 0 Å². The van der Waals surface area contributed by atoms with Gasteiger partial charge >= 0.3 is 6.18 Å². The predicted octanol–water partition coefficient (Wildman–Crippen LogP) is 2.01. The SMILES string of the molecule is CCCN(CC(F)(F)F)C(C)CC(C)(CO)NC. The number of rotatable bonds is 8. The van der Waals surface area contributed by atoms with Crippen LogP contribution in [0.2, 0.25) is 0 Å². The number of alkyl halides is 3. The van der Waals surface area contributed by atoms with E-state index >= 15 is 0 Å². The van der Waals surface area contributed by atoms with E-state index in [1.807, 2.05) is 6.92 Å². The highest BCUT2D eigenvalue weighted by Gasteiger charge is 2.34. The molecule has 0 amide bonds. The van der Waals surface area contributed by atoms with Crippen LogP contribution in [-0.4, -0.2) is 54.5 Å². The van der Waals surface area contributed by atoms with Crippen molar-refractivity contribution in [3.63, 3.8) is 0 Å². The highest BCUT2D eigenvalue weighted by atomic mass is 19.4. The second-order valence-corrected chi connectivity index (χ2v) is 5.11. The Bertz CT molecular complexity index is 230. The van der Waals surface area contributed by atoms with E-state index in [0.717, 1.165) is 0 Å². The lowest BCUT2D eigenvalue weighted by molar-refractivity contribution is -0.151. The summed E-state index contributed by atoms with van der Waals surface area (Å²) in [5, 5.41) is 12.2. The maximum atomic E-state index is 12.5. The average Bonchev–Trinajstić information content (AvgIpc) is 2.26. The van der Waals surface area contributed by atoms with Crippen LogP contribution in [-0.2, 0) is 0 Å². The molecule has 0 fully saturated rings. The molecule has 0 aromatic rings. The second kappa shape index (κ2) is 7.31. The Morgan fingerprint density at radius 3 is 2.22 bits per heavy atom. The summed E-state index contributed by atoms with van der Waals surface area (Å²) in [6.07, 6.45) is -3.04. The third-order valence-electron chi connectivity index (χ3n) is 3.22. The van der Waals surface area contributed by atoms with Crippen LogP contribution >= 0.6 is 0 Å². The van der Waals surface area contributed by atoms with Gasteiger partial charge in [0.1, 0.15) is 0 Å². The fourth-order valence-corrected chi connectivity index (χ4v) is 2.00. The van der Waals surface area contributed by atoms with Crippen molar-refractivity contribution in [2.45, 2.75) is 51.4 Å². The molecule has 2 N–H and O–H groups in total. The van der Waals surface area contributed by atoms with Crippen LogP contribution in [0.3, 0.4) is 0 Å². The molecule has 6 heteroatoms. The third-order valence-corrected chi connectivity index (χ3v) is 3.22. The maximum absolute atomic E-state index is 12.5. The molecule has 0 bridgehead atoms. The van der Waals surface area contributed by atoms with E-state index in [9.17, 15) is 18.3 Å². The molecule has 3 nitrogen and oxygen atoms in total. The molecule has 0 saturated carbocycles. The van der Waals surface area contributed by atoms with Crippen molar-refractivity contribution in [1.29, 1.82) is 0 Å². The molecule has 0 aromatic heterocycles. The quantitative estimate of drug-likeness (QED) is 0.708. The summed E-state index contributed by atoms with van der Waals surface area (Å²) in [5.41, 5.74) is -0.545. The number of nitrogens with zero attached hydrogens (tertiary/aromatic N) is 1. The van der Waals surface area contributed by atoms with E-state index in [2.05, 4.69) is 5.32 Å². The molecule has 0 aliphatic rings. The maximum Gasteiger partial charge on any atom is 0.401 e. The van der Waals surface area contributed by atoms with Gasteiger partial charge in [0, 0.05) is 11.6 Å². The van der Waals surface area contributed by atoms with E-state index < -0.39 is 18.3 Å². The zero-order valence-corrected chi connectivity index (χ0v) is 11.6. The van der Waals surface area contributed by atoms with Gasteiger partial charge < -0.3 is 10.4 Å². The van der Waals surface area contributed by atoms with Crippen molar-refractivity contribution in [2.24, 2.45) is 0 Å². The number of hydrogen-bond donors (Lipinski definition) is 2. The van der Waals surface area contributed by atoms with Crippen LogP contribution in [0, 0.1) is 0 Å². The molecule has 0 spiro atoms. The first kappa shape index (κ1) is 17.7. The van der Waals surface area contributed by atoms with Crippen molar-refractivity contribution in [2.75, 3.05) is 26.7 Å². The number of nitrogens with one attached hydrogen (secondary N) is 1. The summed E-state index contributed by atoms with van der Waals surface area (Å²) >= 11 is 0. The molecule has 0 aliphatic heterocycles. The molecule has 0 radical (unpaired) electrons. The van der Waals surface area contributed by atoms with Crippen molar-refractivity contribution < 1.29 is 18.3 Å². The minimum absolute atomic E-state index is 0.0974. The highest BCUT2D eigenvalue weighted by molar-refractivity contribution is 4.86. The van der Waals surface area contributed by atoms with E-state index in [0.29, 0.717) is 19.4 Å². The van der Waals surface area contributed by atoms with Gasteiger partial charge in [-0.3, -0.25) is 4.90 Å². The Hall–Kier alpha value is -0.330. The minimum atomic E-state index is -4.18. The highest BCUT2D eigenvalue weighted by Crippen LogP contribution is 2.22. The summed E-state index contributed by atoms with van der Waals surface area (Å²) < 4.78 is 37.4. The Labute approximate surface area is 107 Å². The standard InChI is InChI=1S/C12H25F3N2O/c1-5-6-17(8-12(13,14)15)10(2)7-11(3,9-18)16-4/h10,16,18H,5-9H2,1-4H3. The van der Waals surface area contributed by atoms with Crippen molar-refractivity contribution in [3.05, 3.63) is 0 Å². The Kier molecular flexibility index (Phi) is 7.17. The van der Waals surface area contributed by atoms with Gasteiger partial charge in [0.2, 0.25) is 0 Å². The van der Waals surface area contributed by atoms with Crippen LogP contribution in [0.4, 0.5) is 13.2 Å². The van der Waals surface area contributed by atoms with Crippen LogP contribution < -0.4 is 5.32 Å². The van der Waals surface area contributed by atoms with Gasteiger partial charge in [-0.25, -0.2) is 0 Å². The molecule has 0 saturated heterocycles. The molecule has 0 aromatic carbocycles. The van der Waals surface area contributed by atoms with Gasteiger partial charge in [0.15, 0.2) is 0 Å². The normalized spacial score (nSPS) is 17.8. The monoisotopic (exact) mass is 270 g/mol. The van der Waals surface area contributed by atoms with Gasteiger partial charge in [-0.2, -0.15) is 13.2 Å². The third kappa shape index (κ3) is 6.56. The summed E-state index contributed by atoms with van der Waals surface area (Å²) in [4.78, 5) is 1.42. The molecule has 0 rings (SSSR count). The summed E-state index contributed by atoms with van der Waals surface area (Å²) in [7, 11) is 1.71. The topological polar surface area (TPSA) is 35.5 Å². The first-order valence-corrected chi connectivity index (χ1v) is 6.28. The average molecular weight is 270 g/mol. The van der Waals surface area contributed by atoms with Gasteiger partial charge in [-0.15, -0.1) is 0 Å². The number of likely N-dealkylation sites (N-methyl/N-ethyl adjacent to an activating group) is 1. The minimum Gasteiger partial charge on any atom is -0.394 e. The number of hydrogen-bond acceptors (Lipinski definition) is 3. The zero-order valence-electron chi connectivity index (χ0n) is 11.6. The lowest BCUT2D eigenvalue weighted by Crippen LogP contribution is -2.50. The molecule has 2 unspecified atom stereocenters. The van der Waals surface area contributed by atoms with E-state index in [1.165, 1.54) is 4.90 Å². The van der Waals surface area contributed by atoms with Gasteiger partial charge in [0.05, 0.1) is 13.2 Å². The summed E-state index contributed by atoms with van der Waals surface area (Å²) in [6.45, 7) is 4.85. The summed E-state index contributed by atoms with van der Waals surface area (Å²) in [6, 6.07) is -0.240. The molecule has 0 aliphatic carbocycles. The smallest absolute Gasteiger partial charge is 0.394 e. The predicted molar refractivity (Wildman–Crippen MR) is 66.5 cm³/mol. The van der Waals surface area contributed by atoms with Gasteiger partial charge in [-0.1, -0.05) is 6.92 Å². The van der Waals surface area contributed by atoms with Crippen molar-refractivity contribution in [1.82, 2.24) is 10.2 Å². The Morgan fingerprint density at radius 1 is 1.33 bits per heavy atom. The zero-order chi connectivity index (χ0) is 14.4. The second-order valence-electron chi connectivity index (χ2n) is 5.11. The molecular weight excluding hydrogens is 245 g/mol. The first-order chi connectivity index (χ1) is 8.17. The van der Waals surface area contributed by atoms with Crippen LogP contribution in [0.5, 0.6) is 0 Å². The fraction of sp³-hybridized carbons (Fsp3) is 1.00. The van der Waals surface area contributed by atoms with Crippen LogP contribution in [0.15, 0.2) is 0 Å². The number of aliphatic hydroxyl groups is 1. The largest absolute Gasteiger partial charge is 0.401 e. The van der Waals surface area contributed by atoms with Crippen LogP contribution in [0.1, 0.15) is 33.6 Å². The molecule has 0 heterocycles.